The summed E-state index contributed by atoms with van der Waals surface area (Å²) in [7, 11) is 0. The average Bonchev–Trinajstić information content (AvgIpc) is 2.51. The Morgan fingerprint density at radius 1 is 1.56 bits per heavy atom. The van der Waals surface area contributed by atoms with Gasteiger partial charge < -0.3 is 15.1 Å². The third-order valence-corrected chi connectivity index (χ3v) is 4.99. The fraction of sp³-hybridized carbons (Fsp3) is 0.833. The van der Waals surface area contributed by atoms with Crippen LogP contribution in [0.25, 0.3) is 0 Å². The Bertz CT molecular complexity index is 379. The first-order valence-corrected chi connectivity index (χ1v) is 7.22. The molecule has 2 aliphatic heterocycles. The zero-order valence-corrected chi connectivity index (χ0v) is 11.6. The maximum absolute atomic E-state index is 12.0. The fourth-order valence-corrected chi connectivity index (χ4v) is 4.32. The molecule has 0 aromatic carbocycles. The molecule has 0 aliphatic carbocycles. The summed E-state index contributed by atoms with van der Waals surface area (Å²) in [6.45, 7) is 5.21. The van der Waals surface area contributed by atoms with Crippen LogP contribution in [0.15, 0.2) is 0 Å². The van der Waals surface area contributed by atoms with Crippen molar-refractivity contribution in [2.24, 2.45) is 5.92 Å². The Kier molecular flexibility index (Phi) is 3.36. The number of carbonyl (C=O) groups excluding carboxylic acids is 1. The Morgan fingerprint density at radius 2 is 2.17 bits per heavy atom. The number of rotatable bonds is 4. The van der Waals surface area contributed by atoms with Crippen molar-refractivity contribution >= 4 is 23.6 Å². The van der Waals surface area contributed by atoms with E-state index in [1.54, 1.807) is 25.6 Å². The second kappa shape index (κ2) is 4.42. The first-order valence-electron chi connectivity index (χ1n) is 6.18. The monoisotopic (exact) mass is 273 g/mol. The number of aliphatic hydroxyl groups is 1. The van der Waals surface area contributed by atoms with Gasteiger partial charge in [0.2, 0.25) is 5.91 Å². The quantitative estimate of drug-likeness (QED) is 0.732. The van der Waals surface area contributed by atoms with Crippen LogP contribution in [0, 0.1) is 5.92 Å². The van der Waals surface area contributed by atoms with Crippen LogP contribution in [0.5, 0.6) is 0 Å². The number of carboxylic acids is 1. The van der Waals surface area contributed by atoms with Crippen LogP contribution in [0.4, 0.5) is 0 Å². The molecule has 5 nitrogen and oxygen atoms in total. The molecule has 2 heterocycles. The second-order valence-electron chi connectivity index (χ2n) is 5.46. The van der Waals surface area contributed by atoms with Gasteiger partial charge in [0, 0.05) is 11.3 Å². The van der Waals surface area contributed by atoms with E-state index in [2.05, 4.69) is 0 Å². The molecule has 0 aromatic rings. The molecule has 0 radical (unpaired) electrons. The summed E-state index contributed by atoms with van der Waals surface area (Å²) in [5, 5.41) is 19.2. The number of hydrogen-bond donors (Lipinski definition) is 2. The van der Waals surface area contributed by atoms with Crippen molar-refractivity contribution in [1.29, 1.82) is 0 Å². The van der Waals surface area contributed by atoms with Crippen LogP contribution in [-0.2, 0) is 9.59 Å². The maximum Gasteiger partial charge on any atom is 0.327 e. The summed E-state index contributed by atoms with van der Waals surface area (Å²) >= 11 is 1.58. The molecule has 2 unspecified atom stereocenters. The SMILES string of the molecule is CCSC1C[C@H]2[C@H](C(C)(C)O)C(=O)N2C1C(=O)O. The molecular weight excluding hydrogens is 254 g/mol. The highest BCUT2D eigenvalue weighted by Gasteiger charge is 2.63. The number of thioether (sulfide) groups is 1. The normalized spacial score (nSPS) is 35.3. The van der Waals surface area contributed by atoms with Crippen LogP contribution in [0.3, 0.4) is 0 Å². The van der Waals surface area contributed by atoms with Gasteiger partial charge in [0.1, 0.15) is 6.04 Å². The van der Waals surface area contributed by atoms with Crippen LogP contribution >= 0.6 is 11.8 Å². The van der Waals surface area contributed by atoms with Gasteiger partial charge in [-0.3, -0.25) is 4.79 Å². The minimum atomic E-state index is -1.08. The molecule has 18 heavy (non-hydrogen) atoms. The standard InChI is InChI=1S/C12H19NO4S/c1-4-18-7-5-6-8(12(2,3)17)10(14)13(6)9(7)11(15)16/h6-9,17H,4-5H2,1-3H3,(H,15,16)/t6-,7?,8-,9?/m0/s1. The highest BCUT2D eigenvalue weighted by Crippen LogP contribution is 2.47. The molecule has 2 rings (SSSR count). The van der Waals surface area contributed by atoms with Gasteiger partial charge in [-0.25, -0.2) is 4.79 Å². The molecule has 2 fully saturated rings. The van der Waals surface area contributed by atoms with Crippen LogP contribution in [0.2, 0.25) is 0 Å². The predicted octanol–water partition coefficient (Wildman–Crippen LogP) is 0.563. The number of carboxylic acid groups (broad SMARTS) is 1. The summed E-state index contributed by atoms with van der Waals surface area (Å²) < 4.78 is 0. The molecule has 0 aromatic heterocycles. The maximum atomic E-state index is 12.0. The molecule has 4 atom stereocenters. The van der Waals surface area contributed by atoms with Gasteiger partial charge in [-0.05, 0) is 26.0 Å². The summed E-state index contributed by atoms with van der Waals surface area (Å²) in [6.07, 6.45) is 0.663. The molecule has 0 bridgehead atoms. The van der Waals surface area contributed by atoms with Gasteiger partial charge in [-0.15, -0.1) is 0 Å². The Balaban J connectivity index is 2.21. The van der Waals surface area contributed by atoms with E-state index in [-0.39, 0.29) is 17.2 Å². The van der Waals surface area contributed by atoms with Gasteiger partial charge in [0.25, 0.3) is 0 Å². The van der Waals surface area contributed by atoms with Crippen molar-refractivity contribution in [2.75, 3.05) is 5.75 Å². The van der Waals surface area contributed by atoms with Crippen LogP contribution < -0.4 is 0 Å². The second-order valence-corrected chi connectivity index (χ2v) is 6.97. The molecule has 0 saturated carbocycles. The van der Waals surface area contributed by atoms with E-state index >= 15 is 0 Å². The third kappa shape index (κ3) is 1.91. The molecule has 102 valence electrons. The van der Waals surface area contributed by atoms with Gasteiger partial charge in [0.15, 0.2) is 0 Å². The number of β-lactam (4-membered cyclic amide) rings is 1. The Hall–Kier alpha value is -0.750. The smallest absolute Gasteiger partial charge is 0.327 e. The Morgan fingerprint density at radius 3 is 2.61 bits per heavy atom. The topological polar surface area (TPSA) is 77.8 Å². The zero-order valence-electron chi connectivity index (χ0n) is 10.8. The van der Waals surface area contributed by atoms with E-state index in [0.29, 0.717) is 6.42 Å². The van der Waals surface area contributed by atoms with Crippen molar-refractivity contribution < 1.29 is 19.8 Å². The first kappa shape index (κ1) is 13.7. The number of amides is 1. The summed E-state index contributed by atoms with van der Waals surface area (Å²) in [5.74, 6) is -0.789. The number of fused-ring (bicyclic) bond motifs is 1. The summed E-state index contributed by atoms with van der Waals surface area (Å²) in [4.78, 5) is 24.8. The number of carbonyl (C=O) groups is 2. The summed E-state index contributed by atoms with van der Waals surface area (Å²) in [6, 6.07) is -0.853. The summed E-state index contributed by atoms with van der Waals surface area (Å²) in [5.41, 5.74) is -1.08. The zero-order chi connectivity index (χ0) is 13.7. The third-order valence-electron chi connectivity index (χ3n) is 3.78. The lowest BCUT2D eigenvalue weighted by Crippen LogP contribution is -2.67. The molecule has 2 aliphatic rings. The van der Waals surface area contributed by atoms with Gasteiger partial charge in [-0.1, -0.05) is 6.92 Å². The predicted molar refractivity (Wildman–Crippen MR) is 68.4 cm³/mol. The molecular formula is C12H19NO4S. The lowest BCUT2D eigenvalue weighted by molar-refractivity contribution is -0.177. The van der Waals surface area contributed by atoms with E-state index < -0.39 is 23.5 Å². The van der Waals surface area contributed by atoms with Crippen LogP contribution in [0.1, 0.15) is 27.2 Å². The van der Waals surface area contributed by atoms with E-state index in [9.17, 15) is 19.8 Å². The van der Waals surface area contributed by atoms with Gasteiger partial charge in [-0.2, -0.15) is 11.8 Å². The minimum Gasteiger partial charge on any atom is -0.480 e. The molecule has 2 N–H and O–H groups in total. The van der Waals surface area contributed by atoms with Gasteiger partial charge in [0.05, 0.1) is 11.5 Å². The van der Waals surface area contributed by atoms with Crippen molar-refractivity contribution in [2.45, 2.75) is 50.1 Å². The van der Waals surface area contributed by atoms with Crippen molar-refractivity contribution in [3.63, 3.8) is 0 Å². The fourth-order valence-electron chi connectivity index (χ4n) is 3.13. The molecule has 0 spiro atoms. The number of aliphatic carboxylic acids is 1. The highest BCUT2D eigenvalue weighted by atomic mass is 32.2. The molecule has 2 saturated heterocycles. The lowest BCUT2D eigenvalue weighted by Gasteiger charge is -2.49. The molecule has 1 amide bonds. The van der Waals surface area contributed by atoms with E-state index in [4.69, 9.17) is 0 Å². The number of hydrogen-bond acceptors (Lipinski definition) is 4. The van der Waals surface area contributed by atoms with Crippen molar-refractivity contribution in [3.05, 3.63) is 0 Å². The first-order chi connectivity index (χ1) is 8.29. The van der Waals surface area contributed by atoms with Crippen molar-refractivity contribution in [1.82, 2.24) is 4.90 Å². The largest absolute Gasteiger partial charge is 0.480 e. The van der Waals surface area contributed by atoms with Crippen LogP contribution in [-0.4, -0.2) is 55.7 Å². The lowest BCUT2D eigenvalue weighted by atomic mass is 9.76. The average molecular weight is 273 g/mol. The highest BCUT2D eigenvalue weighted by molar-refractivity contribution is 7.99. The number of nitrogens with zero attached hydrogens (tertiary/aromatic N) is 1. The Labute approximate surface area is 111 Å². The van der Waals surface area contributed by atoms with E-state index in [1.807, 2.05) is 6.92 Å². The van der Waals surface area contributed by atoms with E-state index in [1.165, 1.54) is 4.90 Å². The van der Waals surface area contributed by atoms with E-state index in [0.717, 1.165) is 5.75 Å². The van der Waals surface area contributed by atoms with Gasteiger partial charge >= 0.3 is 5.97 Å². The van der Waals surface area contributed by atoms with Crippen molar-refractivity contribution in [3.8, 4) is 0 Å². The minimum absolute atomic E-state index is 0.0613. The molecule has 6 heteroatoms.